The maximum absolute atomic E-state index is 3.75. The second-order valence-electron chi connectivity index (χ2n) is 8.35. The highest BCUT2D eigenvalue weighted by Gasteiger charge is 2.18. The van der Waals surface area contributed by atoms with Gasteiger partial charge in [0.25, 0.3) is 0 Å². The Kier molecular flexibility index (Phi) is 4.59. The number of aryl methyl sites for hydroxylation is 1. The van der Waals surface area contributed by atoms with Crippen molar-refractivity contribution in [2.24, 2.45) is 0 Å². The average Bonchev–Trinajstić information content (AvgIpc) is 2.84. The molecule has 6 aromatic carbocycles. The van der Waals surface area contributed by atoms with E-state index in [9.17, 15) is 0 Å². The summed E-state index contributed by atoms with van der Waals surface area (Å²) in [6, 6.07) is 39.7. The summed E-state index contributed by atoms with van der Waals surface area (Å²) in [4.78, 5) is 0. The van der Waals surface area contributed by atoms with Crippen molar-refractivity contribution in [3.8, 4) is 22.3 Å². The smallest absolute Gasteiger partial charge is 0.0254 e. The van der Waals surface area contributed by atoms with Crippen molar-refractivity contribution >= 4 is 48.2 Å². The lowest BCUT2D eigenvalue weighted by atomic mass is 9.84. The molecule has 152 valence electrons. The van der Waals surface area contributed by atoms with Gasteiger partial charge in [-0.05, 0) is 67.6 Å². The third-order valence-corrected chi connectivity index (χ3v) is 7.10. The monoisotopic (exact) mass is 472 g/mol. The molecular weight excluding hydrogens is 452 g/mol. The maximum atomic E-state index is 3.75. The number of rotatable bonds is 2. The number of hydrogen-bond donors (Lipinski definition) is 0. The molecule has 0 spiro atoms. The Labute approximate surface area is 196 Å². The molecule has 0 heterocycles. The third-order valence-electron chi connectivity index (χ3n) is 6.41. The van der Waals surface area contributed by atoms with Gasteiger partial charge < -0.3 is 0 Å². The van der Waals surface area contributed by atoms with Crippen molar-refractivity contribution in [1.82, 2.24) is 0 Å². The highest BCUT2D eigenvalue weighted by Crippen LogP contribution is 2.45. The summed E-state index contributed by atoms with van der Waals surface area (Å²) in [6.45, 7) is 2.14. The summed E-state index contributed by atoms with van der Waals surface area (Å²) < 4.78 is 1.13. The Morgan fingerprint density at radius 3 is 1.47 bits per heavy atom. The van der Waals surface area contributed by atoms with Crippen LogP contribution in [0.2, 0.25) is 0 Å². The van der Waals surface area contributed by atoms with E-state index in [0.29, 0.717) is 0 Å². The van der Waals surface area contributed by atoms with Crippen LogP contribution in [0, 0.1) is 6.92 Å². The van der Waals surface area contributed by atoms with E-state index in [1.54, 1.807) is 0 Å². The van der Waals surface area contributed by atoms with Crippen LogP contribution in [0.3, 0.4) is 0 Å². The number of benzene rings is 6. The van der Waals surface area contributed by atoms with E-state index in [1.165, 1.54) is 60.1 Å². The van der Waals surface area contributed by atoms with Crippen molar-refractivity contribution in [2.45, 2.75) is 6.92 Å². The van der Waals surface area contributed by atoms with Crippen LogP contribution >= 0.6 is 15.9 Å². The van der Waals surface area contributed by atoms with Gasteiger partial charge in [0.15, 0.2) is 0 Å². The van der Waals surface area contributed by atoms with E-state index in [1.807, 2.05) is 0 Å². The fraction of sp³-hybridized carbons (Fsp3) is 0.0323. The molecule has 0 bridgehead atoms. The lowest BCUT2D eigenvalue weighted by Crippen LogP contribution is -1.91. The lowest BCUT2D eigenvalue weighted by molar-refractivity contribution is 1.47. The second-order valence-corrected chi connectivity index (χ2v) is 9.20. The minimum absolute atomic E-state index is 1.13. The van der Waals surface area contributed by atoms with Crippen LogP contribution in [0.25, 0.3) is 54.6 Å². The predicted octanol–water partition coefficient (Wildman–Crippen LogP) is 9.55. The van der Waals surface area contributed by atoms with Gasteiger partial charge in [-0.15, -0.1) is 0 Å². The molecule has 0 aliphatic heterocycles. The van der Waals surface area contributed by atoms with Gasteiger partial charge in [0.1, 0.15) is 0 Å². The Bertz CT molecular complexity index is 1570. The van der Waals surface area contributed by atoms with Gasteiger partial charge in [0.05, 0.1) is 0 Å². The number of hydrogen-bond acceptors (Lipinski definition) is 0. The van der Waals surface area contributed by atoms with Gasteiger partial charge in [0, 0.05) is 4.47 Å². The first-order valence-corrected chi connectivity index (χ1v) is 11.7. The fourth-order valence-corrected chi connectivity index (χ4v) is 5.41. The molecule has 0 fully saturated rings. The molecule has 0 aliphatic carbocycles. The molecule has 1 heteroatoms. The maximum Gasteiger partial charge on any atom is 0.0254 e. The SMILES string of the molecule is Cc1ccc(-c2c3ccccc3c(-c3ccc(Br)c4ccccc34)c3ccccc23)cc1. The second kappa shape index (κ2) is 7.62. The molecule has 0 radical (unpaired) electrons. The zero-order chi connectivity index (χ0) is 21.7. The minimum atomic E-state index is 1.13. The molecule has 6 rings (SSSR count). The molecule has 0 atom stereocenters. The van der Waals surface area contributed by atoms with Crippen LogP contribution in [0.15, 0.2) is 114 Å². The number of halogens is 1. The topological polar surface area (TPSA) is 0 Å². The van der Waals surface area contributed by atoms with Gasteiger partial charge in [-0.1, -0.05) is 125 Å². The van der Waals surface area contributed by atoms with Crippen molar-refractivity contribution in [3.05, 3.63) is 119 Å². The van der Waals surface area contributed by atoms with E-state index < -0.39 is 0 Å². The Morgan fingerprint density at radius 1 is 0.438 bits per heavy atom. The number of fused-ring (bicyclic) bond motifs is 3. The summed E-state index contributed by atoms with van der Waals surface area (Å²) >= 11 is 3.75. The first kappa shape index (κ1) is 19.3. The van der Waals surface area contributed by atoms with Crippen molar-refractivity contribution in [3.63, 3.8) is 0 Å². The minimum Gasteiger partial charge on any atom is -0.0616 e. The molecule has 0 saturated carbocycles. The van der Waals surface area contributed by atoms with E-state index in [-0.39, 0.29) is 0 Å². The summed E-state index contributed by atoms with van der Waals surface area (Å²) in [5.41, 5.74) is 6.42. The van der Waals surface area contributed by atoms with E-state index >= 15 is 0 Å². The van der Waals surface area contributed by atoms with Crippen molar-refractivity contribution in [2.75, 3.05) is 0 Å². The van der Waals surface area contributed by atoms with E-state index in [2.05, 4.69) is 132 Å². The summed E-state index contributed by atoms with van der Waals surface area (Å²) in [5.74, 6) is 0. The summed E-state index contributed by atoms with van der Waals surface area (Å²) in [7, 11) is 0. The van der Waals surface area contributed by atoms with Gasteiger partial charge in [-0.3, -0.25) is 0 Å². The van der Waals surface area contributed by atoms with Crippen LogP contribution in [0.5, 0.6) is 0 Å². The first-order valence-electron chi connectivity index (χ1n) is 10.9. The van der Waals surface area contributed by atoms with Gasteiger partial charge in [0.2, 0.25) is 0 Å². The Balaban J connectivity index is 1.82. The van der Waals surface area contributed by atoms with E-state index in [4.69, 9.17) is 0 Å². The molecule has 0 aliphatic rings. The molecular formula is C31H21Br. The molecule has 0 amide bonds. The van der Waals surface area contributed by atoms with E-state index in [0.717, 1.165) is 4.47 Å². The summed E-state index contributed by atoms with van der Waals surface area (Å²) in [5, 5.41) is 7.65. The molecule has 0 unspecified atom stereocenters. The average molecular weight is 473 g/mol. The lowest BCUT2D eigenvalue weighted by Gasteiger charge is -2.19. The highest BCUT2D eigenvalue weighted by atomic mass is 79.9. The normalized spacial score (nSPS) is 11.4. The largest absolute Gasteiger partial charge is 0.0616 e. The van der Waals surface area contributed by atoms with Gasteiger partial charge in [-0.25, -0.2) is 0 Å². The van der Waals surface area contributed by atoms with Crippen LogP contribution in [0.1, 0.15) is 5.56 Å². The fourth-order valence-electron chi connectivity index (χ4n) is 4.93. The zero-order valence-corrected chi connectivity index (χ0v) is 19.4. The van der Waals surface area contributed by atoms with Gasteiger partial charge in [-0.2, -0.15) is 0 Å². The first-order chi connectivity index (χ1) is 15.7. The van der Waals surface area contributed by atoms with Crippen LogP contribution in [-0.2, 0) is 0 Å². The van der Waals surface area contributed by atoms with Crippen LogP contribution < -0.4 is 0 Å². The summed E-state index contributed by atoms with van der Waals surface area (Å²) in [6.07, 6.45) is 0. The molecule has 0 saturated heterocycles. The Morgan fingerprint density at radius 2 is 0.906 bits per heavy atom. The van der Waals surface area contributed by atoms with Crippen molar-refractivity contribution in [1.29, 1.82) is 0 Å². The predicted molar refractivity (Wildman–Crippen MR) is 142 cm³/mol. The molecule has 0 aromatic heterocycles. The molecule has 0 N–H and O–H groups in total. The zero-order valence-electron chi connectivity index (χ0n) is 17.8. The standard InChI is InChI=1S/C31H21Br/c1-20-14-16-21(17-15-20)30-24-10-4-6-12-26(24)31(27-13-7-5-11-25(27)30)28-18-19-29(32)23-9-3-2-8-22(23)28/h2-19H,1H3. The molecule has 6 aromatic rings. The van der Waals surface area contributed by atoms with Crippen LogP contribution in [-0.4, -0.2) is 0 Å². The molecule has 32 heavy (non-hydrogen) atoms. The molecule has 0 nitrogen and oxygen atoms in total. The van der Waals surface area contributed by atoms with Crippen LogP contribution in [0.4, 0.5) is 0 Å². The van der Waals surface area contributed by atoms with Crippen molar-refractivity contribution < 1.29 is 0 Å². The highest BCUT2D eigenvalue weighted by molar-refractivity contribution is 9.10. The quantitative estimate of drug-likeness (QED) is 0.220. The van der Waals surface area contributed by atoms with Gasteiger partial charge >= 0.3 is 0 Å². The Hall–Kier alpha value is -3.42. The third kappa shape index (κ3) is 2.97.